The Morgan fingerprint density at radius 3 is 2.00 bits per heavy atom. The third kappa shape index (κ3) is 5.96. The topological polar surface area (TPSA) is 263 Å². The number of likely N-dealkylation sites (tertiary alicyclic amines) is 1. The number of hydrogen-bond acceptors (Lipinski definition) is 12. The highest BCUT2D eigenvalue weighted by molar-refractivity contribution is 7.86. The Morgan fingerprint density at radius 1 is 0.902 bits per heavy atom. The molecule has 3 amide bonds. The van der Waals surface area contributed by atoms with Crippen LogP contribution in [0.5, 0.6) is 11.5 Å². The number of imide groups is 1. The summed E-state index contributed by atoms with van der Waals surface area (Å²) in [6.45, 7) is 4.37. The number of esters is 1. The summed E-state index contributed by atoms with van der Waals surface area (Å²) in [5, 5.41) is 2.76. The van der Waals surface area contributed by atoms with E-state index in [0.717, 1.165) is 12.1 Å². The SMILES string of the molecule is CC(C)C1CC(=O)N(CCCCCNC(=O)c2ccc3c(c2)C(=O)OC32c3ccc(N)c(S(=O)(=O)O)c3Oc3c2ccc(N)c3S(=O)(=O)O)C1=O. The van der Waals surface area contributed by atoms with Gasteiger partial charge in [0.25, 0.3) is 26.1 Å². The number of hydrogen-bond donors (Lipinski definition) is 5. The fourth-order valence-electron chi connectivity index (χ4n) is 6.84. The summed E-state index contributed by atoms with van der Waals surface area (Å²) in [4.78, 5) is 50.8. The van der Waals surface area contributed by atoms with Crippen molar-refractivity contribution >= 4 is 55.3 Å². The van der Waals surface area contributed by atoms with Crippen molar-refractivity contribution in [2.45, 2.75) is 54.9 Å². The van der Waals surface area contributed by atoms with E-state index in [0.29, 0.717) is 25.8 Å². The van der Waals surface area contributed by atoms with Gasteiger partial charge in [-0.2, -0.15) is 16.8 Å². The smallest absolute Gasteiger partial charge is 0.340 e. The van der Waals surface area contributed by atoms with Crippen molar-refractivity contribution in [2.24, 2.45) is 11.8 Å². The predicted molar refractivity (Wildman–Crippen MR) is 179 cm³/mol. The summed E-state index contributed by atoms with van der Waals surface area (Å²) in [5.41, 5.74) is 8.37. The number of nitrogen functional groups attached to an aromatic ring is 2. The average Bonchev–Trinajstić information content (AvgIpc) is 3.49. The fraction of sp³-hybridized carbons (Fsp3) is 0.333. The molecule has 0 saturated carbocycles. The van der Waals surface area contributed by atoms with Gasteiger partial charge in [0, 0.05) is 47.7 Å². The molecule has 3 aromatic rings. The molecule has 3 aliphatic heterocycles. The molecule has 16 nitrogen and oxygen atoms in total. The van der Waals surface area contributed by atoms with Gasteiger partial charge in [-0.1, -0.05) is 19.9 Å². The quantitative estimate of drug-likeness (QED) is 0.0658. The van der Waals surface area contributed by atoms with Crippen LogP contribution in [-0.4, -0.2) is 67.6 Å². The second-order valence-corrected chi connectivity index (χ2v) is 15.6. The van der Waals surface area contributed by atoms with E-state index >= 15 is 0 Å². The van der Waals surface area contributed by atoms with E-state index in [4.69, 9.17) is 20.9 Å². The highest BCUT2D eigenvalue weighted by atomic mass is 32.2. The van der Waals surface area contributed by atoms with E-state index in [9.17, 15) is 45.1 Å². The van der Waals surface area contributed by atoms with Crippen LogP contribution >= 0.6 is 0 Å². The molecule has 0 aromatic heterocycles. The molecule has 0 radical (unpaired) electrons. The van der Waals surface area contributed by atoms with Crippen LogP contribution in [0.1, 0.15) is 76.9 Å². The first-order valence-corrected chi connectivity index (χ1v) is 18.7. The Hall–Kier alpha value is -5.04. The zero-order valence-electron chi connectivity index (χ0n) is 27.3. The van der Waals surface area contributed by atoms with Crippen LogP contribution in [0.3, 0.4) is 0 Å². The van der Waals surface area contributed by atoms with Crippen molar-refractivity contribution in [3.8, 4) is 11.5 Å². The van der Waals surface area contributed by atoms with Gasteiger partial charge in [-0.05, 0) is 61.6 Å². The number of benzene rings is 3. The van der Waals surface area contributed by atoms with Gasteiger partial charge in [0.15, 0.2) is 26.9 Å². The number of carbonyl (C=O) groups excluding carboxylic acids is 4. The Labute approximate surface area is 292 Å². The van der Waals surface area contributed by atoms with Crippen molar-refractivity contribution < 1.29 is 54.6 Å². The second-order valence-electron chi connectivity index (χ2n) is 12.9. The monoisotopic (exact) mass is 742 g/mol. The number of nitrogens with two attached hydrogens (primary N) is 2. The van der Waals surface area contributed by atoms with Crippen LogP contribution < -0.4 is 21.5 Å². The van der Waals surface area contributed by atoms with Crippen molar-refractivity contribution in [3.05, 3.63) is 70.3 Å². The number of carbonyl (C=O) groups is 4. The lowest BCUT2D eigenvalue weighted by Gasteiger charge is -2.37. The third-order valence-electron chi connectivity index (χ3n) is 9.32. The Morgan fingerprint density at radius 2 is 1.47 bits per heavy atom. The van der Waals surface area contributed by atoms with E-state index in [1.54, 1.807) is 0 Å². The molecule has 1 unspecified atom stereocenters. The van der Waals surface area contributed by atoms with Gasteiger partial charge < -0.3 is 26.3 Å². The molecule has 1 fully saturated rings. The lowest BCUT2D eigenvalue weighted by Crippen LogP contribution is -2.34. The van der Waals surface area contributed by atoms with Crippen LogP contribution in [0.25, 0.3) is 0 Å². The van der Waals surface area contributed by atoms with Crippen molar-refractivity contribution in [3.63, 3.8) is 0 Å². The van der Waals surface area contributed by atoms with E-state index in [-0.39, 0.29) is 64.4 Å². The zero-order valence-corrected chi connectivity index (χ0v) is 29.0. The zero-order chi connectivity index (χ0) is 37.2. The number of amides is 3. The van der Waals surface area contributed by atoms with E-state index < -0.39 is 70.4 Å². The minimum Gasteiger partial charge on any atom is -0.453 e. The molecular weight excluding hydrogens is 709 g/mol. The minimum atomic E-state index is -5.14. The lowest BCUT2D eigenvalue weighted by atomic mass is 9.77. The first kappa shape index (κ1) is 35.8. The molecule has 1 atom stereocenters. The van der Waals surface area contributed by atoms with Crippen LogP contribution in [0.4, 0.5) is 11.4 Å². The summed E-state index contributed by atoms with van der Waals surface area (Å²) in [5.74, 6) is -3.42. The molecule has 1 saturated heterocycles. The van der Waals surface area contributed by atoms with Crippen molar-refractivity contribution in [2.75, 3.05) is 24.6 Å². The highest BCUT2D eigenvalue weighted by Crippen LogP contribution is 2.59. The number of fused-ring (bicyclic) bond motifs is 6. The normalized spacial score (nSPS) is 17.6. The summed E-state index contributed by atoms with van der Waals surface area (Å²) in [7, 11) is -10.3. The fourth-order valence-corrected chi connectivity index (χ4v) is 8.35. The third-order valence-corrected chi connectivity index (χ3v) is 11.2. The molecule has 6 rings (SSSR count). The van der Waals surface area contributed by atoms with Gasteiger partial charge in [0.05, 0.1) is 16.9 Å². The maximum absolute atomic E-state index is 13.5. The molecule has 7 N–H and O–H groups in total. The van der Waals surface area contributed by atoms with Crippen LogP contribution in [0.2, 0.25) is 0 Å². The summed E-state index contributed by atoms with van der Waals surface area (Å²) < 4.78 is 81.9. The summed E-state index contributed by atoms with van der Waals surface area (Å²) in [6.07, 6.45) is 1.94. The average molecular weight is 743 g/mol. The second kappa shape index (κ2) is 12.6. The molecule has 0 bridgehead atoms. The first-order chi connectivity index (χ1) is 23.9. The Balaban J connectivity index is 1.28. The van der Waals surface area contributed by atoms with Gasteiger partial charge in [0.2, 0.25) is 11.8 Å². The molecule has 3 aromatic carbocycles. The summed E-state index contributed by atoms with van der Waals surface area (Å²) in [6, 6.07) is 8.79. The molecule has 0 aliphatic carbocycles. The highest BCUT2D eigenvalue weighted by Gasteiger charge is 2.56. The van der Waals surface area contributed by atoms with Gasteiger partial charge in [-0.25, -0.2) is 4.79 Å². The Kier molecular flexibility index (Phi) is 8.86. The minimum absolute atomic E-state index is 0.0534. The number of unbranched alkanes of at least 4 members (excludes halogenated alkanes) is 2. The number of nitrogens with one attached hydrogen (secondary N) is 1. The first-order valence-electron chi connectivity index (χ1n) is 15.9. The van der Waals surface area contributed by atoms with Crippen LogP contribution in [0, 0.1) is 11.8 Å². The Bertz CT molecular complexity index is 2170. The number of nitrogens with zero attached hydrogens (tertiary/aromatic N) is 1. The van der Waals surface area contributed by atoms with Gasteiger partial charge in [0.1, 0.15) is 0 Å². The predicted octanol–water partition coefficient (Wildman–Crippen LogP) is 2.84. The van der Waals surface area contributed by atoms with Crippen LogP contribution in [0.15, 0.2) is 52.3 Å². The van der Waals surface area contributed by atoms with Gasteiger partial charge in [-0.15, -0.1) is 0 Å². The van der Waals surface area contributed by atoms with E-state index in [1.165, 1.54) is 35.2 Å². The summed E-state index contributed by atoms with van der Waals surface area (Å²) >= 11 is 0. The van der Waals surface area contributed by atoms with E-state index in [1.807, 2.05) is 13.8 Å². The standard InChI is InChI=1S/C33H34N4O12S2/c1-16(2)18-15-25(38)37(31(18)40)13-5-3-4-12-36-30(39)17-6-7-20-19(14-17)32(41)49-33(20)21-8-10-23(34)28(50(42,43)44)26(21)48-27-22(33)9-11-24(35)29(27)51(45,46)47/h6-11,14,16,18H,3-5,12-13,15,34-35H2,1-2H3,(H,36,39)(H,42,43,44)(H,45,46,47). The number of rotatable bonds is 10. The number of anilines is 2. The maximum Gasteiger partial charge on any atom is 0.340 e. The lowest BCUT2D eigenvalue weighted by molar-refractivity contribution is -0.139. The molecule has 3 heterocycles. The molecule has 51 heavy (non-hydrogen) atoms. The van der Waals surface area contributed by atoms with Crippen molar-refractivity contribution in [1.82, 2.24) is 10.2 Å². The largest absolute Gasteiger partial charge is 0.453 e. The van der Waals surface area contributed by atoms with Gasteiger partial charge >= 0.3 is 5.97 Å². The van der Waals surface area contributed by atoms with Crippen molar-refractivity contribution in [1.29, 1.82) is 0 Å². The molecule has 3 aliphatic rings. The van der Waals surface area contributed by atoms with Crippen LogP contribution in [-0.2, 0) is 40.2 Å². The molecular formula is C33H34N4O12S2. The maximum atomic E-state index is 13.5. The molecule has 270 valence electrons. The molecule has 18 heteroatoms. The van der Waals surface area contributed by atoms with E-state index in [2.05, 4.69) is 5.32 Å². The van der Waals surface area contributed by atoms with Gasteiger partial charge in [-0.3, -0.25) is 28.4 Å². The number of ether oxygens (including phenoxy) is 2. The molecule has 1 spiro atoms.